The standard InChI is InChI=1S/C22H26ClN3O3/c1-3-13-22(17-9-5-4-6-10-17)20(27)26(21(28)24-22)16-25(2)14-15-29-19-12-8-7-11-18(19)23/h4-12H,3,13-16H2,1-2H3,(H,24,28). The summed E-state index contributed by atoms with van der Waals surface area (Å²) in [5.74, 6) is 0.401. The van der Waals surface area contributed by atoms with Crippen molar-refractivity contribution in [2.75, 3.05) is 26.9 Å². The zero-order valence-electron chi connectivity index (χ0n) is 16.7. The molecule has 154 valence electrons. The lowest BCUT2D eigenvalue weighted by Gasteiger charge is -2.28. The van der Waals surface area contributed by atoms with Crippen LogP contribution in [0.15, 0.2) is 54.6 Å². The Bertz CT molecular complexity index is 861. The first-order valence-electron chi connectivity index (χ1n) is 9.73. The van der Waals surface area contributed by atoms with Gasteiger partial charge in [-0.05, 0) is 31.2 Å². The molecule has 1 saturated heterocycles. The van der Waals surface area contributed by atoms with Crippen LogP contribution in [0, 0.1) is 0 Å². The van der Waals surface area contributed by atoms with Crippen LogP contribution in [0.4, 0.5) is 4.79 Å². The lowest BCUT2D eigenvalue weighted by atomic mass is 9.85. The monoisotopic (exact) mass is 415 g/mol. The van der Waals surface area contributed by atoms with Crippen LogP contribution in [0.5, 0.6) is 5.75 Å². The van der Waals surface area contributed by atoms with Gasteiger partial charge in [-0.1, -0.05) is 67.4 Å². The number of hydrogen-bond acceptors (Lipinski definition) is 4. The van der Waals surface area contributed by atoms with E-state index in [0.29, 0.717) is 30.3 Å². The summed E-state index contributed by atoms with van der Waals surface area (Å²) < 4.78 is 5.70. The van der Waals surface area contributed by atoms with Gasteiger partial charge in [0.05, 0.1) is 11.7 Å². The van der Waals surface area contributed by atoms with Crippen LogP contribution in [0.25, 0.3) is 0 Å². The molecule has 0 saturated carbocycles. The topological polar surface area (TPSA) is 61.9 Å². The fourth-order valence-corrected chi connectivity index (χ4v) is 3.74. The molecule has 1 unspecified atom stereocenters. The molecule has 6 nitrogen and oxygen atoms in total. The van der Waals surface area contributed by atoms with Crippen molar-refractivity contribution in [2.45, 2.75) is 25.3 Å². The van der Waals surface area contributed by atoms with Gasteiger partial charge >= 0.3 is 6.03 Å². The lowest BCUT2D eigenvalue weighted by Crippen LogP contribution is -2.45. The lowest BCUT2D eigenvalue weighted by molar-refractivity contribution is -0.133. The van der Waals surface area contributed by atoms with Crippen LogP contribution < -0.4 is 10.1 Å². The van der Waals surface area contributed by atoms with Crippen molar-refractivity contribution in [3.05, 3.63) is 65.2 Å². The number of urea groups is 1. The summed E-state index contributed by atoms with van der Waals surface area (Å²) in [6, 6.07) is 16.3. The third-order valence-electron chi connectivity index (χ3n) is 5.02. The van der Waals surface area contributed by atoms with Gasteiger partial charge in [-0.15, -0.1) is 0 Å². The number of nitrogens with zero attached hydrogens (tertiary/aromatic N) is 2. The molecule has 0 aliphatic carbocycles. The number of imide groups is 1. The zero-order chi connectivity index (χ0) is 20.9. The van der Waals surface area contributed by atoms with Crippen LogP contribution >= 0.6 is 11.6 Å². The summed E-state index contributed by atoms with van der Waals surface area (Å²) in [4.78, 5) is 29.1. The second-order valence-electron chi connectivity index (χ2n) is 7.18. The number of amides is 3. The number of para-hydroxylation sites is 1. The van der Waals surface area contributed by atoms with Gasteiger partial charge in [-0.25, -0.2) is 9.69 Å². The summed E-state index contributed by atoms with van der Waals surface area (Å²) in [7, 11) is 1.85. The second-order valence-corrected chi connectivity index (χ2v) is 7.59. The second kappa shape index (κ2) is 9.29. The molecule has 0 radical (unpaired) electrons. The van der Waals surface area contributed by atoms with Crippen molar-refractivity contribution in [3.63, 3.8) is 0 Å². The molecular formula is C22H26ClN3O3. The smallest absolute Gasteiger partial charge is 0.326 e. The molecule has 1 atom stereocenters. The first-order chi connectivity index (χ1) is 14.0. The number of benzene rings is 2. The van der Waals surface area contributed by atoms with Crippen molar-refractivity contribution in [1.82, 2.24) is 15.1 Å². The van der Waals surface area contributed by atoms with E-state index in [4.69, 9.17) is 16.3 Å². The van der Waals surface area contributed by atoms with Crippen LogP contribution in [-0.2, 0) is 10.3 Å². The molecular weight excluding hydrogens is 390 g/mol. The number of ether oxygens (including phenoxy) is 1. The Labute approximate surface area is 176 Å². The van der Waals surface area contributed by atoms with Gasteiger partial charge in [-0.2, -0.15) is 0 Å². The van der Waals surface area contributed by atoms with Crippen molar-refractivity contribution < 1.29 is 14.3 Å². The van der Waals surface area contributed by atoms with Crippen LogP contribution in [-0.4, -0.2) is 48.6 Å². The average molecular weight is 416 g/mol. The Hall–Kier alpha value is -2.57. The van der Waals surface area contributed by atoms with Gasteiger partial charge in [0.25, 0.3) is 5.91 Å². The molecule has 1 fully saturated rings. The van der Waals surface area contributed by atoms with Crippen molar-refractivity contribution in [3.8, 4) is 5.75 Å². The van der Waals surface area contributed by atoms with E-state index >= 15 is 0 Å². The normalized spacial score (nSPS) is 19.0. The molecule has 0 bridgehead atoms. The predicted octanol–water partition coefficient (Wildman–Crippen LogP) is 3.86. The van der Waals surface area contributed by atoms with Crippen molar-refractivity contribution in [2.24, 2.45) is 0 Å². The molecule has 1 aliphatic rings. The first-order valence-corrected chi connectivity index (χ1v) is 10.1. The van der Waals surface area contributed by atoms with Gasteiger partial charge in [0.2, 0.25) is 0 Å². The van der Waals surface area contributed by atoms with Gasteiger partial charge < -0.3 is 10.1 Å². The first kappa shape index (κ1) is 21.1. The Morgan fingerprint density at radius 1 is 1.10 bits per heavy atom. The third kappa shape index (κ3) is 4.54. The highest BCUT2D eigenvalue weighted by atomic mass is 35.5. The summed E-state index contributed by atoms with van der Waals surface area (Å²) >= 11 is 6.09. The highest BCUT2D eigenvalue weighted by Crippen LogP contribution is 2.33. The van der Waals surface area contributed by atoms with E-state index in [1.807, 2.05) is 61.3 Å². The van der Waals surface area contributed by atoms with Gasteiger partial charge in [0.15, 0.2) is 0 Å². The average Bonchev–Trinajstić information content (AvgIpc) is 2.95. The van der Waals surface area contributed by atoms with Gasteiger partial charge in [0, 0.05) is 6.54 Å². The van der Waals surface area contributed by atoms with Crippen molar-refractivity contribution >= 4 is 23.5 Å². The maximum Gasteiger partial charge on any atom is 0.326 e. The number of nitrogens with one attached hydrogen (secondary N) is 1. The summed E-state index contributed by atoms with van der Waals surface area (Å²) in [5.41, 5.74) is -0.186. The Balaban J connectivity index is 1.64. The van der Waals surface area contributed by atoms with E-state index in [1.165, 1.54) is 4.90 Å². The Morgan fingerprint density at radius 3 is 2.48 bits per heavy atom. The zero-order valence-corrected chi connectivity index (χ0v) is 17.5. The summed E-state index contributed by atoms with van der Waals surface area (Å²) in [5, 5.41) is 3.49. The third-order valence-corrected chi connectivity index (χ3v) is 5.33. The molecule has 2 aromatic carbocycles. The molecule has 0 spiro atoms. The molecule has 3 rings (SSSR count). The predicted molar refractivity (Wildman–Crippen MR) is 113 cm³/mol. The van der Waals surface area contributed by atoms with Crippen LogP contribution in [0.3, 0.4) is 0 Å². The molecule has 2 aromatic rings. The molecule has 1 heterocycles. The van der Waals surface area contributed by atoms with Crippen LogP contribution in [0.2, 0.25) is 5.02 Å². The van der Waals surface area contributed by atoms with Gasteiger partial charge in [-0.3, -0.25) is 9.69 Å². The van der Waals surface area contributed by atoms with Crippen molar-refractivity contribution in [1.29, 1.82) is 0 Å². The Morgan fingerprint density at radius 2 is 1.79 bits per heavy atom. The fraction of sp³-hybridized carbons (Fsp3) is 0.364. The minimum Gasteiger partial charge on any atom is -0.491 e. The number of carbonyl (C=O) groups is 2. The molecule has 29 heavy (non-hydrogen) atoms. The quantitative estimate of drug-likeness (QED) is 0.632. The maximum atomic E-state index is 13.3. The van der Waals surface area contributed by atoms with E-state index < -0.39 is 5.54 Å². The summed E-state index contributed by atoms with van der Waals surface area (Å²) in [6.45, 7) is 3.12. The number of carbonyl (C=O) groups excluding carboxylic acids is 2. The highest BCUT2D eigenvalue weighted by Gasteiger charge is 2.51. The maximum absolute atomic E-state index is 13.3. The Kier molecular flexibility index (Phi) is 6.77. The number of hydrogen-bond donors (Lipinski definition) is 1. The van der Waals surface area contributed by atoms with E-state index in [9.17, 15) is 9.59 Å². The molecule has 1 N–H and O–H groups in total. The SMILES string of the molecule is CCCC1(c2ccccc2)NC(=O)N(CN(C)CCOc2ccccc2Cl)C1=O. The van der Waals surface area contributed by atoms with Crippen LogP contribution in [0.1, 0.15) is 25.3 Å². The van der Waals surface area contributed by atoms with E-state index in [-0.39, 0.29) is 18.6 Å². The minimum atomic E-state index is -0.998. The largest absolute Gasteiger partial charge is 0.491 e. The minimum absolute atomic E-state index is 0.189. The number of rotatable bonds is 9. The molecule has 0 aromatic heterocycles. The molecule has 7 heteroatoms. The highest BCUT2D eigenvalue weighted by molar-refractivity contribution is 6.32. The fourth-order valence-electron chi connectivity index (χ4n) is 3.55. The molecule has 3 amide bonds. The van der Waals surface area contributed by atoms with Gasteiger partial charge in [0.1, 0.15) is 17.9 Å². The summed E-state index contributed by atoms with van der Waals surface area (Å²) in [6.07, 6.45) is 1.33. The number of halogens is 1. The van der Waals surface area contributed by atoms with E-state index in [0.717, 1.165) is 12.0 Å². The van der Waals surface area contributed by atoms with E-state index in [2.05, 4.69) is 5.32 Å². The number of likely N-dealkylation sites (N-methyl/N-ethyl adjacent to an activating group) is 1. The van der Waals surface area contributed by atoms with E-state index in [1.54, 1.807) is 12.1 Å². The molecule has 1 aliphatic heterocycles.